The summed E-state index contributed by atoms with van der Waals surface area (Å²) >= 11 is 0. The monoisotopic (exact) mass is 623 g/mol. The predicted octanol–water partition coefficient (Wildman–Crippen LogP) is 7.19. The van der Waals surface area contributed by atoms with Crippen molar-refractivity contribution < 1.29 is 28.5 Å². The fraction of sp³-hybridized carbons (Fsp3) is 0.611. The molecule has 2 aliphatic rings. The molecule has 2 aromatic carbocycles. The number of nitrogens with zero attached hydrogens (tertiary/aromatic N) is 3. The Morgan fingerprint density at radius 3 is 1.62 bits per heavy atom. The van der Waals surface area contributed by atoms with Gasteiger partial charge in [-0.2, -0.15) is 0 Å². The lowest BCUT2D eigenvalue weighted by molar-refractivity contribution is -0.0660. The van der Waals surface area contributed by atoms with Crippen LogP contribution < -0.4 is 0 Å². The van der Waals surface area contributed by atoms with E-state index >= 15 is 0 Å². The summed E-state index contributed by atoms with van der Waals surface area (Å²) in [5, 5.41) is 0. The molecule has 2 atom stereocenters. The Morgan fingerprint density at radius 2 is 1.20 bits per heavy atom. The lowest BCUT2D eigenvalue weighted by Crippen LogP contribution is -2.54. The van der Waals surface area contributed by atoms with Gasteiger partial charge in [0.15, 0.2) is 0 Å². The van der Waals surface area contributed by atoms with Gasteiger partial charge in [0, 0.05) is 19.1 Å². The molecule has 0 spiro atoms. The van der Waals surface area contributed by atoms with Crippen LogP contribution in [0, 0.1) is 0 Å². The fourth-order valence-electron chi connectivity index (χ4n) is 6.80. The van der Waals surface area contributed by atoms with E-state index in [4.69, 9.17) is 18.9 Å². The molecule has 2 aromatic rings. The fourth-order valence-corrected chi connectivity index (χ4v) is 6.80. The summed E-state index contributed by atoms with van der Waals surface area (Å²) in [7, 11) is 0. The molecular formula is C36H53N3O6. The van der Waals surface area contributed by atoms with E-state index in [9.17, 15) is 9.59 Å². The average molecular weight is 624 g/mol. The Bertz CT molecular complexity index is 1210. The van der Waals surface area contributed by atoms with Crippen LogP contribution in [0.15, 0.2) is 60.7 Å². The summed E-state index contributed by atoms with van der Waals surface area (Å²) in [6, 6.07) is 20.5. The van der Waals surface area contributed by atoms with Crippen LogP contribution in [-0.2, 0) is 32.0 Å². The molecule has 2 aliphatic heterocycles. The van der Waals surface area contributed by atoms with Crippen LogP contribution in [0.1, 0.15) is 86.3 Å². The normalized spacial score (nSPS) is 21.0. The largest absolute Gasteiger partial charge is 0.449 e. The number of benzene rings is 2. The zero-order valence-electron chi connectivity index (χ0n) is 28.7. The standard InChI is InChI=1S/C36H53N3O6/c1-27(45-32(41)39-34(4,5)26-44-36(39,8)9)30(21-16-22-42-31(40)38-33(2,3)25-43-35(38,6)7)37(23-28-17-12-10-13-18-28)24-29-19-14-11-15-20-29/h10-15,17-20,27,30H,16,21-26H2,1-9H3/t27-,30-/m0/s1. The van der Waals surface area contributed by atoms with Crippen LogP contribution in [0.2, 0.25) is 0 Å². The van der Waals surface area contributed by atoms with Crippen LogP contribution in [-0.4, -0.2) is 81.4 Å². The van der Waals surface area contributed by atoms with Gasteiger partial charge in [-0.25, -0.2) is 9.59 Å². The van der Waals surface area contributed by atoms with Crippen molar-refractivity contribution in [2.45, 2.75) is 123 Å². The second kappa shape index (κ2) is 13.7. The summed E-state index contributed by atoms with van der Waals surface area (Å²) in [5.74, 6) is 0. The summed E-state index contributed by atoms with van der Waals surface area (Å²) in [5.41, 5.74) is -0.157. The molecule has 4 rings (SSSR count). The molecule has 0 radical (unpaired) electrons. The molecule has 2 fully saturated rings. The van der Waals surface area contributed by atoms with Gasteiger partial charge in [0.2, 0.25) is 0 Å². The third-order valence-electron chi connectivity index (χ3n) is 8.83. The minimum absolute atomic E-state index is 0.161. The van der Waals surface area contributed by atoms with Gasteiger partial charge >= 0.3 is 12.2 Å². The molecule has 0 unspecified atom stereocenters. The molecule has 2 heterocycles. The molecular weight excluding hydrogens is 570 g/mol. The quantitative estimate of drug-likeness (QED) is 0.245. The minimum Gasteiger partial charge on any atom is -0.449 e. The zero-order valence-corrected chi connectivity index (χ0v) is 28.7. The molecule has 9 heteroatoms. The van der Waals surface area contributed by atoms with E-state index in [0.717, 1.165) is 11.1 Å². The minimum atomic E-state index is -0.779. The number of carbonyl (C=O) groups is 2. The van der Waals surface area contributed by atoms with E-state index in [0.29, 0.717) is 39.1 Å². The summed E-state index contributed by atoms with van der Waals surface area (Å²) in [6.45, 7) is 19.9. The lowest BCUT2D eigenvalue weighted by Gasteiger charge is -2.40. The van der Waals surface area contributed by atoms with E-state index in [1.165, 1.54) is 0 Å². The number of hydrogen-bond donors (Lipinski definition) is 0. The van der Waals surface area contributed by atoms with Crippen LogP contribution in [0.5, 0.6) is 0 Å². The van der Waals surface area contributed by atoms with E-state index < -0.39 is 34.7 Å². The van der Waals surface area contributed by atoms with Crippen molar-refractivity contribution >= 4 is 12.2 Å². The SMILES string of the molecule is C[C@H](OC(=O)N1C(C)(C)COC1(C)C)[C@H](CCCOC(=O)N1C(C)(C)COC1(C)C)N(Cc1ccccc1)Cc1ccccc1. The third-order valence-corrected chi connectivity index (χ3v) is 8.83. The van der Waals surface area contributed by atoms with E-state index in [1.807, 2.05) is 98.7 Å². The molecule has 0 bridgehead atoms. The molecule has 45 heavy (non-hydrogen) atoms. The first kappa shape index (κ1) is 34.7. The van der Waals surface area contributed by atoms with E-state index in [1.54, 1.807) is 9.80 Å². The van der Waals surface area contributed by atoms with Crippen molar-refractivity contribution in [2.24, 2.45) is 0 Å². The van der Waals surface area contributed by atoms with Gasteiger partial charge in [-0.05, 0) is 86.3 Å². The molecule has 248 valence electrons. The van der Waals surface area contributed by atoms with Crippen LogP contribution >= 0.6 is 0 Å². The van der Waals surface area contributed by atoms with Crippen LogP contribution in [0.25, 0.3) is 0 Å². The van der Waals surface area contributed by atoms with Gasteiger partial charge in [-0.1, -0.05) is 60.7 Å². The zero-order chi connectivity index (χ0) is 33.0. The Balaban J connectivity index is 1.54. The van der Waals surface area contributed by atoms with Crippen molar-refractivity contribution in [1.29, 1.82) is 0 Å². The molecule has 9 nitrogen and oxygen atoms in total. The highest BCUT2D eigenvalue weighted by atomic mass is 16.6. The average Bonchev–Trinajstić information content (AvgIpc) is 3.33. The molecule has 2 saturated heterocycles. The summed E-state index contributed by atoms with van der Waals surface area (Å²) < 4.78 is 23.9. The molecule has 2 amide bonds. The Morgan fingerprint density at radius 1 is 0.756 bits per heavy atom. The first-order valence-corrected chi connectivity index (χ1v) is 16.1. The van der Waals surface area contributed by atoms with Gasteiger partial charge in [-0.15, -0.1) is 0 Å². The number of hydrogen-bond acceptors (Lipinski definition) is 7. The summed E-state index contributed by atoms with van der Waals surface area (Å²) in [6.07, 6.45) is -0.00413. The Kier molecular flexibility index (Phi) is 10.6. The topological polar surface area (TPSA) is 80.8 Å². The molecule has 0 saturated carbocycles. The van der Waals surface area contributed by atoms with Gasteiger partial charge in [0.1, 0.15) is 17.6 Å². The lowest BCUT2D eigenvalue weighted by atomic mass is 10.0. The van der Waals surface area contributed by atoms with E-state index in [2.05, 4.69) is 29.2 Å². The van der Waals surface area contributed by atoms with Crippen molar-refractivity contribution in [2.75, 3.05) is 19.8 Å². The van der Waals surface area contributed by atoms with Crippen molar-refractivity contribution in [3.8, 4) is 0 Å². The molecule has 0 aromatic heterocycles. The van der Waals surface area contributed by atoms with Crippen molar-refractivity contribution in [3.05, 3.63) is 71.8 Å². The number of carbonyl (C=O) groups excluding carboxylic acids is 2. The third kappa shape index (κ3) is 8.37. The number of amides is 2. The number of ether oxygens (including phenoxy) is 4. The number of rotatable bonds is 11. The smallest absolute Gasteiger partial charge is 0.412 e. The van der Waals surface area contributed by atoms with Gasteiger partial charge < -0.3 is 18.9 Å². The molecule has 0 N–H and O–H groups in total. The van der Waals surface area contributed by atoms with E-state index in [-0.39, 0.29) is 18.7 Å². The van der Waals surface area contributed by atoms with Crippen LogP contribution in [0.4, 0.5) is 9.59 Å². The first-order chi connectivity index (χ1) is 21.0. The predicted molar refractivity (Wildman–Crippen MR) is 174 cm³/mol. The van der Waals surface area contributed by atoms with Crippen LogP contribution in [0.3, 0.4) is 0 Å². The first-order valence-electron chi connectivity index (χ1n) is 16.1. The maximum Gasteiger partial charge on any atom is 0.412 e. The highest BCUT2D eigenvalue weighted by Crippen LogP contribution is 2.37. The van der Waals surface area contributed by atoms with Gasteiger partial charge in [0.25, 0.3) is 0 Å². The highest BCUT2D eigenvalue weighted by molar-refractivity contribution is 5.70. The second-order valence-electron chi connectivity index (χ2n) is 14.6. The Hall–Kier alpha value is -3.14. The van der Waals surface area contributed by atoms with Crippen molar-refractivity contribution in [3.63, 3.8) is 0 Å². The maximum atomic E-state index is 13.7. The van der Waals surface area contributed by atoms with Gasteiger partial charge in [0.05, 0.1) is 30.9 Å². The van der Waals surface area contributed by atoms with Gasteiger partial charge in [-0.3, -0.25) is 14.7 Å². The Labute approximate surface area is 269 Å². The highest BCUT2D eigenvalue weighted by Gasteiger charge is 2.51. The summed E-state index contributed by atoms with van der Waals surface area (Å²) in [4.78, 5) is 32.7. The van der Waals surface area contributed by atoms with Crippen molar-refractivity contribution in [1.82, 2.24) is 14.7 Å². The maximum absolute atomic E-state index is 13.7. The molecule has 0 aliphatic carbocycles. The second-order valence-corrected chi connectivity index (χ2v) is 14.6.